The van der Waals surface area contributed by atoms with E-state index in [4.69, 9.17) is 0 Å². The minimum Gasteiger partial charge on any atom is -0.299 e. The Morgan fingerprint density at radius 1 is 1.20 bits per heavy atom. The fourth-order valence-electron chi connectivity index (χ4n) is 1.69. The summed E-state index contributed by atoms with van der Waals surface area (Å²) in [5.41, 5.74) is 1.11. The van der Waals surface area contributed by atoms with Crippen molar-refractivity contribution in [1.82, 2.24) is 0 Å². The topological polar surface area (TPSA) is 17.1 Å². The van der Waals surface area contributed by atoms with E-state index in [0.29, 0.717) is 12.2 Å². The molecule has 1 rings (SSSR count). The number of ketones is 1. The maximum Gasteiger partial charge on any atom is 0.140 e. The lowest BCUT2D eigenvalue weighted by Crippen LogP contribution is -2.15. The van der Waals surface area contributed by atoms with Crippen LogP contribution in [0.1, 0.15) is 32.3 Å². The van der Waals surface area contributed by atoms with Crippen molar-refractivity contribution in [2.24, 2.45) is 5.92 Å². The van der Waals surface area contributed by atoms with Crippen LogP contribution in [-0.2, 0) is 11.2 Å². The first-order valence-corrected chi connectivity index (χ1v) is 6.23. The fourth-order valence-corrected chi connectivity index (χ4v) is 1.96. The van der Waals surface area contributed by atoms with Gasteiger partial charge in [0.25, 0.3) is 0 Å². The van der Waals surface area contributed by atoms with Gasteiger partial charge in [0, 0.05) is 16.8 Å². The van der Waals surface area contributed by atoms with Crippen molar-refractivity contribution in [2.45, 2.75) is 33.1 Å². The number of halogens is 1. The van der Waals surface area contributed by atoms with Gasteiger partial charge in [0.15, 0.2) is 0 Å². The molecule has 0 aliphatic rings. The molecule has 82 valence electrons. The van der Waals surface area contributed by atoms with E-state index in [1.54, 1.807) is 0 Å². The van der Waals surface area contributed by atoms with Gasteiger partial charge in [0.05, 0.1) is 0 Å². The molecule has 0 spiro atoms. The molecular formula is C13H17BrO. The number of hydrogen-bond acceptors (Lipinski definition) is 1. The SMILES string of the molecule is CCC(CC)C(=O)Cc1ccc(Br)cc1. The first-order chi connectivity index (χ1) is 7.17. The summed E-state index contributed by atoms with van der Waals surface area (Å²) in [6, 6.07) is 7.97. The minimum absolute atomic E-state index is 0.230. The highest BCUT2D eigenvalue weighted by Gasteiger charge is 2.14. The molecule has 0 unspecified atom stereocenters. The van der Waals surface area contributed by atoms with Crippen LogP contribution in [-0.4, -0.2) is 5.78 Å². The average Bonchev–Trinajstić information content (AvgIpc) is 2.23. The number of Topliss-reactive ketones (excluding diaryl/α,β-unsaturated/α-hetero) is 1. The highest BCUT2D eigenvalue weighted by Crippen LogP contribution is 2.15. The van der Waals surface area contributed by atoms with Crippen molar-refractivity contribution in [3.63, 3.8) is 0 Å². The van der Waals surface area contributed by atoms with Crippen molar-refractivity contribution in [1.29, 1.82) is 0 Å². The third-order valence-electron chi connectivity index (χ3n) is 2.73. The lowest BCUT2D eigenvalue weighted by atomic mass is 9.93. The second kappa shape index (κ2) is 6.06. The van der Waals surface area contributed by atoms with Gasteiger partial charge >= 0.3 is 0 Å². The first kappa shape index (κ1) is 12.4. The Morgan fingerprint density at radius 2 is 1.73 bits per heavy atom. The number of rotatable bonds is 5. The molecule has 0 aliphatic carbocycles. The molecule has 0 bridgehead atoms. The summed E-state index contributed by atoms with van der Waals surface area (Å²) in [6.45, 7) is 4.15. The number of carbonyl (C=O) groups is 1. The van der Waals surface area contributed by atoms with Gasteiger partial charge in [-0.2, -0.15) is 0 Å². The molecule has 1 aromatic carbocycles. The fraction of sp³-hybridized carbons (Fsp3) is 0.462. The molecule has 0 saturated heterocycles. The predicted octanol–water partition coefficient (Wildman–Crippen LogP) is 4.00. The van der Waals surface area contributed by atoms with Gasteiger partial charge in [-0.05, 0) is 30.5 Å². The quantitative estimate of drug-likeness (QED) is 0.789. The Morgan fingerprint density at radius 3 is 2.20 bits per heavy atom. The Kier molecular flexibility index (Phi) is 5.03. The molecule has 0 aromatic heterocycles. The summed E-state index contributed by atoms with van der Waals surface area (Å²) < 4.78 is 1.06. The van der Waals surface area contributed by atoms with Crippen molar-refractivity contribution in [3.8, 4) is 0 Å². The van der Waals surface area contributed by atoms with E-state index in [0.717, 1.165) is 22.9 Å². The third kappa shape index (κ3) is 3.78. The van der Waals surface area contributed by atoms with Crippen molar-refractivity contribution in [3.05, 3.63) is 34.3 Å². The van der Waals surface area contributed by atoms with Gasteiger partial charge < -0.3 is 0 Å². The third-order valence-corrected chi connectivity index (χ3v) is 3.26. The Hall–Kier alpha value is -0.630. The van der Waals surface area contributed by atoms with Crippen molar-refractivity contribution >= 4 is 21.7 Å². The van der Waals surface area contributed by atoms with Crippen LogP contribution < -0.4 is 0 Å². The Labute approximate surface area is 100 Å². The van der Waals surface area contributed by atoms with Crippen molar-refractivity contribution in [2.75, 3.05) is 0 Å². The van der Waals surface area contributed by atoms with E-state index in [-0.39, 0.29) is 5.92 Å². The molecule has 0 saturated carbocycles. The van der Waals surface area contributed by atoms with E-state index in [2.05, 4.69) is 29.8 Å². The summed E-state index contributed by atoms with van der Waals surface area (Å²) in [5.74, 6) is 0.593. The van der Waals surface area contributed by atoms with Crippen LogP contribution in [0.3, 0.4) is 0 Å². The molecule has 1 aromatic rings. The molecule has 0 heterocycles. The standard InChI is InChI=1S/C13H17BrO/c1-3-11(4-2)13(15)9-10-5-7-12(14)8-6-10/h5-8,11H,3-4,9H2,1-2H3. The Bertz CT molecular complexity index is 312. The zero-order valence-corrected chi connectivity index (χ0v) is 10.9. The van der Waals surface area contributed by atoms with Gasteiger partial charge in [0.1, 0.15) is 5.78 Å². The summed E-state index contributed by atoms with van der Waals surface area (Å²) in [6.07, 6.45) is 2.47. The zero-order chi connectivity index (χ0) is 11.3. The van der Waals surface area contributed by atoms with Crippen LogP contribution in [0.25, 0.3) is 0 Å². The Balaban J connectivity index is 2.61. The highest BCUT2D eigenvalue weighted by atomic mass is 79.9. The molecule has 0 fully saturated rings. The number of benzene rings is 1. The van der Waals surface area contributed by atoms with E-state index in [9.17, 15) is 4.79 Å². The van der Waals surface area contributed by atoms with Gasteiger partial charge in [-0.3, -0.25) is 4.79 Å². The van der Waals surface area contributed by atoms with Crippen LogP contribution in [0.15, 0.2) is 28.7 Å². The molecule has 15 heavy (non-hydrogen) atoms. The average molecular weight is 269 g/mol. The summed E-state index contributed by atoms with van der Waals surface area (Å²) in [7, 11) is 0. The second-order valence-electron chi connectivity index (χ2n) is 3.78. The molecule has 2 heteroatoms. The van der Waals surface area contributed by atoms with E-state index < -0.39 is 0 Å². The first-order valence-electron chi connectivity index (χ1n) is 5.44. The van der Waals surface area contributed by atoms with Crippen LogP contribution in [0, 0.1) is 5.92 Å². The largest absolute Gasteiger partial charge is 0.299 e. The highest BCUT2D eigenvalue weighted by molar-refractivity contribution is 9.10. The van der Waals surface area contributed by atoms with E-state index in [1.165, 1.54) is 0 Å². The molecule has 0 aliphatic heterocycles. The number of carbonyl (C=O) groups excluding carboxylic acids is 1. The van der Waals surface area contributed by atoms with Gasteiger partial charge in [-0.15, -0.1) is 0 Å². The maximum atomic E-state index is 11.8. The minimum atomic E-state index is 0.230. The van der Waals surface area contributed by atoms with E-state index >= 15 is 0 Å². The molecule has 0 amide bonds. The van der Waals surface area contributed by atoms with Gasteiger partial charge in [0.2, 0.25) is 0 Å². The van der Waals surface area contributed by atoms with Crippen LogP contribution in [0.4, 0.5) is 0 Å². The van der Waals surface area contributed by atoms with Crippen molar-refractivity contribution < 1.29 is 4.79 Å². The molecule has 1 nitrogen and oxygen atoms in total. The smallest absolute Gasteiger partial charge is 0.140 e. The number of hydrogen-bond donors (Lipinski definition) is 0. The second-order valence-corrected chi connectivity index (χ2v) is 4.70. The molecule has 0 N–H and O–H groups in total. The van der Waals surface area contributed by atoms with Crippen LogP contribution in [0.2, 0.25) is 0 Å². The van der Waals surface area contributed by atoms with Gasteiger partial charge in [-0.1, -0.05) is 41.9 Å². The maximum absolute atomic E-state index is 11.8. The molecule has 0 atom stereocenters. The van der Waals surface area contributed by atoms with Gasteiger partial charge in [-0.25, -0.2) is 0 Å². The molecule has 0 radical (unpaired) electrons. The summed E-state index contributed by atoms with van der Waals surface area (Å²) in [4.78, 5) is 11.8. The zero-order valence-electron chi connectivity index (χ0n) is 9.29. The molecular weight excluding hydrogens is 252 g/mol. The normalized spacial score (nSPS) is 10.7. The van der Waals surface area contributed by atoms with Crippen LogP contribution >= 0.6 is 15.9 Å². The van der Waals surface area contributed by atoms with E-state index in [1.807, 2.05) is 24.3 Å². The monoisotopic (exact) mass is 268 g/mol. The lowest BCUT2D eigenvalue weighted by molar-refractivity contribution is -0.122. The van der Waals surface area contributed by atoms with Crippen LogP contribution in [0.5, 0.6) is 0 Å². The summed E-state index contributed by atoms with van der Waals surface area (Å²) in [5, 5.41) is 0. The lowest BCUT2D eigenvalue weighted by Gasteiger charge is -2.10. The predicted molar refractivity (Wildman–Crippen MR) is 66.9 cm³/mol. The summed E-state index contributed by atoms with van der Waals surface area (Å²) >= 11 is 3.38.